The van der Waals surface area contributed by atoms with Crippen molar-refractivity contribution in [1.82, 2.24) is 16.0 Å². The SMILES string of the molecule is CNCC(C)C(=O)NC1CCCNC1=O.Cl. The summed E-state index contributed by atoms with van der Waals surface area (Å²) in [6, 6.07) is -0.342. The van der Waals surface area contributed by atoms with Crippen molar-refractivity contribution < 1.29 is 9.59 Å². The highest BCUT2D eigenvalue weighted by Crippen LogP contribution is 2.04. The molecule has 0 spiro atoms. The number of hydrogen-bond donors (Lipinski definition) is 3. The van der Waals surface area contributed by atoms with Crippen LogP contribution in [0.3, 0.4) is 0 Å². The zero-order valence-corrected chi connectivity index (χ0v) is 10.5. The Balaban J connectivity index is 0.00000225. The van der Waals surface area contributed by atoms with E-state index in [0.717, 1.165) is 19.4 Å². The Kier molecular flexibility index (Phi) is 7.08. The molecule has 1 aliphatic rings. The molecular weight excluding hydrogens is 230 g/mol. The first-order chi connectivity index (χ1) is 7.15. The lowest BCUT2D eigenvalue weighted by atomic mass is 10.1. The first kappa shape index (κ1) is 15.2. The van der Waals surface area contributed by atoms with Gasteiger partial charge in [0.1, 0.15) is 6.04 Å². The molecule has 1 saturated heterocycles. The van der Waals surface area contributed by atoms with E-state index in [9.17, 15) is 9.59 Å². The van der Waals surface area contributed by atoms with Gasteiger partial charge in [-0.25, -0.2) is 0 Å². The summed E-state index contributed by atoms with van der Waals surface area (Å²) in [5, 5.41) is 8.44. The normalized spacial score (nSPS) is 21.6. The second-order valence-electron chi connectivity index (χ2n) is 3.95. The van der Waals surface area contributed by atoms with Crippen molar-refractivity contribution in [3.8, 4) is 0 Å². The highest BCUT2D eigenvalue weighted by molar-refractivity contribution is 5.88. The number of amides is 2. The Labute approximate surface area is 102 Å². The monoisotopic (exact) mass is 249 g/mol. The van der Waals surface area contributed by atoms with Gasteiger partial charge in [0.2, 0.25) is 11.8 Å². The Bertz CT molecular complexity index is 248. The Hall–Kier alpha value is -0.810. The third-order valence-corrected chi connectivity index (χ3v) is 2.56. The summed E-state index contributed by atoms with van der Waals surface area (Å²) in [4.78, 5) is 23.0. The van der Waals surface area contributed by atoms with E-state index in [0.29, 0.717) is 6.54 Å². The number of piperidine rings is 1. The molecule has 0 aromatic heterocycles. The number of carbonyl (C=O) groups is 2. The average molecular weight is 250 g/mol. The van der Waals surface area contributed by atoms with Crippen LogP contribution in [0.2, 0.25) is 0 Å². The summed E-state index contributed by atoms with van der Waals surface area (Å²) in [7, 11) is 1.80. The van der Waals surface area contributed by atoms with Crippen molar-refractivity contribution in [2.24, 2.45) is 5.92 Å². The Morgan fingerprint density at radius 3 is 2.88 bits per heavy atom. The average Bonchev–Trinajstić information content (AvgIpc) is 2.21. The summed E-state index contributed by atoms with van der Waals surface area (Å²) in [6.07, 6.45) is 1.67. The van der Waals surface area contributed by atoms with Crippen LogP contribution in [0.4, 0.5) is 0 Å². The van der Waals surface area contributed by atoms with E-state index in [2.05, 4.69) is 16.0 Å². The Morgan fingerprint density at radius 2 is 2.31 bits per heavy atom. The molecule has 2 amide bonds. The van der Waals surface area contributed by atoms with E-state index >= 15 is 0 Å². The van der Waals surface area contributed by atoms with Crippen LogP contribution in [0.5, 0.6) is 0 Å². The van der Waals surface area contributed by atoms with Crippen molar-refractivity contribution in [1.29, 1.82) is 0 Å². The van der Waals surface area contributed by atoms with Gasteiger partial charge >= 0.3 is 0 Å². The smallest absolute Gasteiger partial charge is 0.242 e. The molecule has 0 aliphatic carbocycles. The minimum absolute atomic E-state index is 0. The molecule has 3 N–H and O–H groups in total. The minimum Gasteiger partial charge on any atom is -0.354 e. The van der Waals surface area contributed by atoms with Gasteiger partial charge in [0.15, 0.2) is 0 Å². The fraction of sp³-hybridized carbons (Fsp3) is 0.800. The molecular formula is C10H20ClN3O2. The molecule has 94 valence electrons. The molecule has 1 aliphatic heterocycles. The van der Waals surface area contributed by atoms with Crippen molar-refractivity contribution in [2.75, 3.05) is 20.1 Å². The zero-order valence-electron chi connectivity index (χ0n) is 9.71. The van der Waals surface area contributed by atoms with Crippen molar-refractivity contribution in [3.05, 3.63) is 0 Å². The number of rotatable bonds is 4. The highest BCUT2D eigenvalue weighted by atomic mass is 35.5. The van der Waals surface area contributed by atoms with Crippen LogP contribution in [0.1, 0.15) is 19.8 Å². The number of carbonyl (C=O) groups excluding carboxylic acids is 2. The molecule has 1 rings (SSSR count). The van der Waals surface area contributed by atoms with Gasteiger partial charge in [-0.1, -0.05) is 6.92 Å². The van der Waals surface area contributed by atoms with Crippen LogP contribution in [0.15, 0.2) is 0 Å². The maximum Gasteiger partial charge on any atom is 0.242 e. The molecule has 0 aromatic rings. The van der Waals surface area contributed by atoms with Gasteiger partial charge < -0.3 is 16.0 Å². The van der Waals surface area contributed by atoms with Crippen LogP contribution in [-0.2, 0) is 9.59 Å². The highest BCUT2D eigenvalue weighted by Gasteiger charge is 2.25. The van der Waals surface area contributed by atoms with Crippen LogP contribution < -0.4 is 16.0 Å². The van der Waals surface area contributed by atoms with E-state index in [1.165, 1.54) is 0 Å². The molecule has 0 bridgehead atoms. The number of halogens is 1. The molecule has 0 saturated carbocycles. The zero-order chi connectivity index (χ0) is 11.3. The molecule has 5 nitrogen and oxygen atoms in total. The quantitative estimate of drug-likeness (QED) is 0.639. The third kappa shape index (κ3) is 4.37. The molecule has 0 aromatic carbocycles. The maximum absolute atomic E-state index is 11.6. The Morgan fingerprint density at radius 1 is 1.62 bits per heavy atom. The second kappa shape index (κ2) is 7.46. The summed E-state index contributed by atoms with van der Waals surface area (Å²) in [5.74, 6) is -0.234. The standard InChI is InChI=1S/C10H19N3O2.ClH/c1-7(6-11-2)9(14)13-8-4-3-5-12-10(8)15;/h7-8,11H,3-6H2,1-2H3,(H,12,15)(H,13,14);1H. The fourth-order valence-corrected chi connectivity index (χ4v) is 1.62. The lowest BCUT2D eigenvalue weighted by Gasteiger charge is -2.24. The van der Waals surface area contributed by atoms with Gasteiger partial charge in [0, 0.05) is 19.0 Å². The van der Waals surface area contributed by atoms with Gasteiger partial charge in [-0.05, 0) is 19.9 Å². The molecule has 1 fully saturated rings. The minimum atomic E-state index is -0.342. The van der Waals surface area contributed by atoms with Gasteiger partial charge in [0.25, 0.3) is 0 Å². The molecule has 2 unspecified atom stereocenters. The summed E-state index contributed by atoms with van der Waals surface area (Å²) in [5.41, 5.74) is 0. The van der Waals surface area contributed by atoms with Crippen molar-refractivity contribution >= 4 is 24.2 Å². The van der Waals surface area contributed by atoms with Crippen molar-refractivity contribution in [2.45, 2.75) is 25.8 Å². The van der Waals surface area contributed by atoms with E-state index in [1.807, 2.05) is 6.92 Å². The van der Waals surface area contributed by atoms with Gasteiger partial charge in [0.05, 0.1) is 0 Å². The van der Waals surface area contributed by atoms with E-state index in [-0.39, 0.29) is 36.2 Å². The van der Waals surface area contributed by atoms with E-state index < -0.39 is 0 Å². The predicted molar refractivity (Wildman–Crippen MR) is 64.5 cm³/mol. The summed E-state index contributed by atoms with van der Waals surface area (Å²) in [6.45, 7) is 3.18. The maximum atomic E-state index is 11.6. The predicted octanol–water partition coefficient (Wildman–Crippen LogP) is -0.341. The summed E-state index contributed by atoms with van der Waals surface area (Å²) < 4.78 is 0. The first-order valence-electron chi connectivity index (χ1n) is 5.38. The molecule has 0 radical (unpaired) electrons. The van der Waals surface area contributed by atoms with Gasteiger partial charge in [-0.15, -0.1) is 12.4 Å². The van der Waals surface area contributed by atoms with Crippen LogP contribution in [-0.4, -0.2) is 38.0 Å². The van der Waals surface area contributed by atoms with E-state index in [4.69, 9.17) is 0 Å². The largest absolute Gasteiger partial charge is 0.354 e. The lowest BCUT2D eigenvalue weighted by Crippen LogP contribution is -2.51. The summed E-state index contributed by atoms with van der Waals surface area (Å²) >= 11 is 0. The second-order valence-corrected chi connectivity index (χ2v) is 3.95. The van der Waals surface area contributed by atoms with E-state index in [1.54, 1.807) is 7.05 Å². The number of hydrogen-bond acceptors (Lipinski definition) is 3. The first-order valence-corrected chi connectivity index (χ1v) is 5.38. The van der Waals surface area contributed by atoms with Gasteiger partial charge in [-0.2, -0.15) is 0 Å². The molecule has 1 heterocycles. The lowest BCUT2D eigenvalue weighted by molar-refractivity contribution is -0.131. The van der Waals surface area contributed by atoms with Crippen LogP contribution in [0, 0.1) is 5.92 Å². The van der Waals surface area contributed by atoms with Gasteiger partial charge in [-0.3, -0.25) is 9.59 Å². The molecule has 16 heavy (non-hydrogen) atoms. The molecule has 2 atom stereocenters. The molecule has 6 heteroatoms. The van der Waals surface area contributed by atoms with Crippen LogP contribution >= 0.6 is 12.4 Å². The fourth-order valence-electron chi connectivity index (χ4n) is 1.62. The number of nitrogens with one attached hydrogen (secondary N) is 3. The third-order valence-electron chi connectivity index (χ3n) is 2.56. The van der Waals surface area contributed by atoms with Crippen LogP contribution in [0.25, 0.3) is 0 Å². The van der Waals surface area contributed by atoms with Crippen molar-refractivity contribution in [3.63, 3.8) is 0 Å². The topological polar surface area (TPSA) is 70.2 Å².